The van der Waals surface area contributed by atoms with Gasteiger partial charge in [-0.3, -0.25) is 14.5 Å². The zero-order valence-electron chi connectivity index (χ0n) is 14.2. The molecule has 130 valence electrons. The number of para-hydroxylation sites is 1. The molecule has 5 nitrogen and oxygen atoms in total. The number of carbonyl (C=O) groups excluding carboxylic acids is 3. The van der Waals surface area contributed by atoms with E-state index in [4.69, 9.17) is 0 Å². The number of amides is 4. The number of urea groups is 1. The Morgan fingerprint density at radius 2 is 1.35 bits per heavy atom. The van der Waals surface area contributed by atoms with Crippen molar-refractivity contribution in [1.82, 2.24) is 4.90 Å². The number of barbiturate groups is 1. The summed E-state index contributed by atoms with van der Waals surface area (Å²) in [7, 11) is 0. The fraction of sp³-hybridized carbons (Fsp3) is 0.190. The average Bonchev–Trinajstić information content (AvgIpc) is 3.17. The summed E-state index contributed by atoms with van der Waals surface area (Å²) in [6.07, 6.45) is 4.34. The van der Waals surface area contributed by atoms with E-state index in [0.717, 1.165) is 10.5 Å². The minimum Gasteiger partial charge on any atom is -0.273 e. The summed E-state index contributed by atoms with van der Waals surface area (Å²) in [4.78, 5) is 41.8. The second-order valence-electron chi connectivity index (χ2n) is 6.60. The van der Waals surface area contributed by atoms with Crippen LogP contribution in [0.4, 0.5) is 10.5 Å². The molecule has 26 heavy (non-hydrogen) atoms. The topological polar surface area (TPSA) is 57.7 Å². The molecule has 1 aliphatic carbocycles. The summed E-state index contributed by atoms with van der Waals surface area (Å²) in [5.41, 5.74) is 0.121. The molecule has 0 unspecified atom stereocenters. The molecule has 0 saturated carbocycles. The smallest absolute Gasteiger partial charge is 0.273 e. The Balaban J connectivity index is 1.77. The van der Waals surface area contributed by atoms with Gasteiger partial charge in [0.05, 0.1) is 12.2 Å². The lowest BCUT2D eigenvalue weighted by Crippen LogP contribution is -2.64. The lowest BCUT2D eigenvalue weighted by molar-refractivity contribution is -0.149. The third-order valence-corrected chi connectivity index (χ3v) is 4.99. The number of carbonyl (C=O) groups is 3. The molecule has 2 aliphatic rings. The SMILES string of the molecule is O=C1N(Cc2ccccc2)C(=O)C2(CC=CC2)C(=O)N1c1ccccc1. The van der Waals surface area contributed by atoms with Gasteiger partial charge in [0.2, 0.25) is 5.91 Å². The number of imide groups is 2. The predicted octanol–water partition coefficient (Wildman–Crippen LogP) is 3.52. The third-order valence-electron chi connectivity index (χ3n) is 4.99. The molecule has 1 saturated heterocycles. The summed E-state index contributed by atoms with van der Waals surface area (Å²) in [6.45, 7) is 0.150. The highest BCUT2D eigenvalue weighted by atomic mass is 16.2. The first-order valence-corrected chi connectivity index (χ1v) is 8.58. The Morgan fingerprint density at radius 1 is 0.769 bits per heavy atom. The molecule has 4 rings (SSSR count). The normalized spacial score (nSPS) is 18.8. The molecule has 0 atom stereocenters. The number of anilines is 1. The van der Waals surface area contributed by atoms with Gasteiger partial charge in [-0.05, 0) is 30.5 Å². The molecule has 1 spiro atoms. The fourth-order valence-electron chi connectivity index (χ4n) is 3.57. The summed E-state index contributed by atoms with van der Waals surface area (Å²) in [5, 5.41) is 0. The third kappa shape index (κ3) is 2.44. The summed E-state index contributed by atoms with van der Waals surface area (Å²) in [5.74, 6) is -0.846. The Bertz CT molecular complexity index is 882. The van der Waals surface area contributed by atoms with Crippen LogP contribution in [-0.2, 0) is 16.1 Å². The van der Waals surface area contributed by atoms with E-state index in [9.17, 15) is 14.4 Å². The van der Waals surface area contributed by atoms with Crippen molar-refractivity contribution >= 4 is 23.5 Å². The minimum atomic E-state index is -1.21. The van der Waals surface area contributed by atoms with Crippen LogP contribution in [0.1, 0.15) is 18.4 Å². The molecule has 4 amide bonds. The van der Waals surface area contributed by atoms with Crippen molar-refractivity contribution in [2.45, 2.75) is 19.4 Å². The van der Waals surface area contributed by atoms with Crippen molar-refractivity contribution in [2.75, 3.05) is 4.90 Å². The van der Waals surface area contributed by atoms with Crippen molar-refractivity contribution in [3.8, 4) is 0 Å². The molecule has 2 aromatic rings. The molecular weight excluding hydrogens is 328 g/mol. The molecule has 0 bridgehead atoms. The van der Waals surface area contributed by atoms with Gasteiger partial charge in [0.25, 0.3) is 5.91 Å². The van der Waals surface area contributed by atoms with E-state index in [-0.39, 0.29) is 6.54 Å². The molecule has 2 aromatic carbocycles. The van der Waals surface area contributed by atoms with Crippen LogP contribution in [0.3, 0.4) is 0 Å². The molecule has 0 aromatic heterocycles. The zero-order chi connectivity index (χ0) is 18.1. The minimum absolute atomic E-state index is 0.150. The van der Waals surface area contributed by atoms with E-state index in [1.54, 1.807) is 24.3 Å². The van der Waals surface area contributed by atoms with Crippen molar-refractivity contribution < 1.29 is 14.4 Å². The standard InChI is InChI=1S/C21H18N2O3/c24-18-21(13-7-8-14-21)19(25)23(17-11-5-2-6-12-17)20(26)22(18)15-16-9-3-1-4-10-16/h1-12H,13-15H2. The van der Waals surface area contributed by atoms with Crippen LogP contribution in [0, 0.1) is 5.41 Å². The molecular formula is C21H18N2O3. The van der Waals surface area contributed by atoms with Crippen molar-refractivity contribution in [2.24, 2.45) is 5.41 Å². The lowest BCUT2D eigenvalue weighted by Gasteiger charge is -2.42. The van der Waals surface area contributed by atoms with E-state index in [1.165, 1.54) is 4.90 Å². The first kappa shape index (κ1) is 16.3. The Kier molecular flexibility index (Phi) is 3.92. The first-order chi connectivity index (χ1) is 12.6. The molecule has 1 aliphatic heterocycles. The zero-order valence-corrected chi connectivity index (χ0v) is 14.2. The van der Waals surface area contributed by atoms with Crippen LogP contribution in [0.2, 0.25) is 0 Å². The highest BCUT2D eigenvalue weighted by Crippen LogP contribution is 2.42. The Hall–Kier alpha value is -3.21. The second-order valence-corrected chi connectivity index (χ2v) is 6.60. The molecule has 0 N–H and O–H groups in total. The Morgan fingerprint density at radius 3 is 1.96 bits per heavy atom. The van der Waals surface area contributed by atoms with Gasteiger partial charge in [0.15, 0.2) is 0 Å². The lowest BCUT2D eigenvalue weighted by atomic mass is 9.80. The van der Waals surface area contributed by atoms with Crippen molar-refractivity contribution in [3.05, 3.63) is 78.4 Å². The molecule has 1 heterocycles. The Labute approximate surface area is 151 Å². The van der Waals surface area contributed by atoms with Crippen LogP contribution < -0.4 is 4.90 Å². The summed E-state index contributed by atoms with van der Waals surface area (Å²) in [6, 6.07) is 17.5. The predicted molar refractivity (Wildman–Crippen MR) is 97.1 cm³/mol. The van der Waals surface area contributed by atoms with Crippen LogP contribution in [0.25, 0.3) is 0 Å². The number of benzene rings is 2. The number of allylic oxidation sites excluding steroid dienone is 2. The number of hydrogen-bond acceptors (Lipinski definition) is 3. The van der Waals surface area contributed by atoms with Gasteiger partial charge in [0, 0.05) is 0 Å². The van der Waals surface area contributed by atoms with Gasteiger partial charge in [-0.15, -0.1) is 0 Å². The van der Waals surface area contributed by atoms with Gasteiger partial charge in [-0.2, -0.15) is 0 Å². The van der Waals surface area contributed by atoms with E-state index < -0.39 is 23.3 Å². The van der Waals surface area contributed by atoms with Crippen LogP contribution in [0.15, 0.2) is 72.8 Å². The average molecular weight is 346 g/mol. The van der Waals surface area contributed by atoms with Gasteiger partial charge < -0.3 is 0 Å². The maximum atomic E-state index is 13.2. The van der Waals surface area contributed by atoms with E-state index in [0.29, 0.717) is 18.5 Å². The van der Waals surface area contributed by atoms with Crippen LogP contribution in [-0.4, -0.2) is 22.7 Å². The first-order valence-electron chi connectivity index (χ1n) is 8.58. The fourth-order valence-corrected chi connectivity index (χ4v) is 3.57. The summed E-state index contributed by atoms with van der Waals surface area (Å²) >= 11 is 0. The van der Waals surface area contributed by atoms with E-state index in [1.807, 2.05) is 48.6 Å². The summed E-state index contributed by atoms with van der Waals surface area (Å²) < 4.78 is 0. The highest BCUT2D eigenvalue weighted by molar-refractivity contribution is 6.30. The van der Waals surface area contributed by atoms with E-state index >= 15 is 0 Å². The van der Waals surface area contributed by atoms with E-state index in [2.05, 4.69) is 0 Å². The van der Waals surface area contributed by atoms with Crippen molar-refractivity contribution in [3.63, 3.8) is 0 Å². The van der Waals surface area contributed by atoms with Gasteiger partial charge in [-0.25, -0.2) is 9.69 Å². The van der Waals surface area contributed by atoms with Crippen LogP contribution >= 0.6 is 0 Å². The molecule has 1 fully saturated rings. The van der Waals surface area contributed by atoms with Gasteiger partial charge in [0.1, 0.15) is 5.41 Å². The highest BCUT2D eigenvalue weighted by Gasteiger charge is 2.57. The van der Waals surface area contributed by atoms with Gasteiger partial charge in [-0.1, -0.05) is 60.7 Å². The monoisotopic (exact) mass is 346 g/mol. The number of hydrogen-bond donors (Lipinski definition) is 0. The number of nitrogens with zero attached hydrogens (tertiary/aromatic N) is 2. The van der Waals surface area contributed by atoms with Crippen LogP contribution in [0.5, 0.6) is 0 Å². The maximum absolute atomic E-state index is 13.2. The van der Waals surface area contributed by atoms with Crippen molar-refractivity contribution in [1.29, 1.82) is 0 Å². The maximum Gasteiger partial charge on any atom is 0.338 e. The second kappa shape index (κ2) is 6.26. The van der Waals surface area contributed by atoms with Gasteiger partial charge >= 0.3 is 6.03 Å². The molecule has 0 radical (unpaired) electrons. The quantitative estimate of drug-likeness (QED) is 0.631. The number of rotatable bonds is 3. The largest absolute Gasteiger partial charge is 0.338 e. The molecule has 5 heteroatoms.